The fraction of sp³-hybridized carbons (Fsp3) is 0.820. The third-order valence-electron chi connectivity index (χ3n) is 12.8. The molecule has 6 nitrogen and oxygen atoms in total. The molecule has 0 spiro atoms. The van der Waals surface area contributed by atoms with Gasteiger partial charge in [-0.25, -0.2) is 0 Å². The summed E-state index contributed by atoms with van der Waals surface area (Å²) in [6.07, 6.45) is 68.5. The van der Waals surface area contributed by atoms with E-state index >= 15 is 0 Å². The van der Waals surface area contributed by atoms with Crippen LogP contribution in [-0.2, 0) is 28.6 Å². The van der Waals surface area contributed by atoms with E-state index in [0.717, 1.165) is 77.0 Å². The molecule has 0 saturated carbocycles. The van der Waals surface area contributed by atoms with E-state index in [2.05, 4.69) is 69.4 Å². The predicted molar refractivity (Wildman–Crippen MR) is 289 cm³/mol. The van der Waals surface area contributed by atoms with E-state index in [1.165, 1.54) is 186 Å². The highest BCUT2D eigenvalue weighted by molar-refractivity contribution is 5.71. The smallest absolute Gasteiger partial charge is 0.306 e. The topological polar surface area (TPSA) is 78.9 Å². The fourth-order valence-electron chi connectivity index (χ4n) is 8.39. The molecule has 6 heteroatoms. The number of ether oxygens (including phenoxy) is 3. The van der Waals surface area contributed by atoms with Crippen LogP contribution >= 0.6 is 0 Å². The molecular formula is C61H110O6. The number of hydrogen-bond acceptors (Lipinski definition) is 6. The van der Waals surface area contributed by atoms with Crippen molar-refractivity contribution in [1.29, 1.82) is 0 Å². The van der Waals surface area contributed by atoms with Crippen molar-refractivity contribution in [1.82, 2.24) is 0 Å². The molecule has 0 saturated heterocycles. The maximum Gasteiger partial charge on any atom is 0.306 e. The molecule has 390 valence electrons. The van der Waals surface area contributed by atoms with Gasteiger partial charge in [0.1, 0.15) is 13.2 Å². The Labute approximate surface area is 416 Å². The predicted octanol–water partition coefficient (Wildman–Crippen LogP) is 19.4. The van der Waals surface area contributed by atoms with Gasteiger partial charge in [0.25, 0.3) is 0 Å². The highest BCUT2D eigenvalue weighted by atomic mass is 16.6. The van der Waals surface area contributed by atoms with Crippen LogP contribution in [0.2, 0.25) is 0 Å². The molecule has 0 aromatic carbocycles. The van der Waals surface area contributed by atoms with Gasteiger partial charge in [-0.15, -0.1) is 0 Å². The van der Waals surface area contributed by atoms with Crippen LogP contribution in [0.3, 0.4) is 0 Å². The van der Waals surface area contributed by atoms with Gasteiger partial charge in [0, 0.05) is 19.3 Å². The van der Waals surface area contributed by atoms with E-state index in [-0.39, 0.29) is 31.1 Å². The Bertz CT molecular complexity index is 1170. The molecule has 0 aromatic rings. The SMILES string of the molecule is CCCCCC/C=C\CCCCCCCC(=O)OC(COC(=O)CCCCCCCCC)COC(=O)CCCCCCCCCCCCCCCC/C=C\C/C=C\C/C=C\CCCCCCC. The molecule has 0 bridgehead atoms. The maximum atomic E-state index is 12.8. The lowest BCUT2D eigenvalue weighted by molar-refractivity contribution is -0.167. The molecule has 67 heavy (non-hydrogen) atoms. The zero-order chi connectivity index (χ0) is 48.6. The van der Waals surface area contributed by atoms with Gasteiger partial charge in [-0.3, -0.25) is 14.4 Å². The van der Waals surface area contributed by atoms with E-state index in [1.807, 2.05) is 0 Å². The molecule has 0 amide bonds. The van der Waals surface area contributed by atoms with Crippen LogP contribution in [-0.4, -0.2) is 37.2 Å². The van der Waals surface area contributed by atoms with Crippen molar-refractivity contribution in [3.05, 3.63) is 48.6 Å². The van der Waals surface area contributed by atoms with Crippen LogP contribution in [0.4, 0.5) is 0 Å². The highest BCUT2D eigenvalue weighted by Gasteiger charge is 2.19. The summed E-state index contributed by atoms with van der Waals surface area (Å²) >= 11 is 0. The molecule has 0 heterocycles. The lowest BCUT2D eigenvalue weighted by Gasteiger charge is -2.18. The molecule has 0 radical (unpaired) electrons. The number of rotatable bonds is 53. The summed E-state index contributed by atoms with van der Waals surface area (Å²) in [4.78, 5) is 37.9. The molecule has 0 aliphatic rings. The first-order valence-corrected chi connectivity index (χ1v) is 29.1. The molecule has 0 aliphatic carbocycles. The molecule has 0 rings (SSSR count). The monoisotopic (exact) mass is 939 g/mol. The summed E-state index contributed by atoms with van der Waals surface area (Å²) < 4.78 is 16.8. The summed E-state index contributed by atoms with van der Waals surface area (Å²) in [7, 11) is 0. The zero-order valence-corrected chi connectivity index (χ0v) is 44.7. The van der Waals surface area contributed by atoms with E-state index < -0.39 is 6.10 Å². The van der Waals surface area contributed by atoms with Gasteiger partial charge in [-0.1, -0.05) is 249 Å². The minimum Gasteiger partial charge on any atom is -0.462 e. The van der Waals surface area contributed by atoms with Crippen molar-refractivity contribution in [2.75, 3.05) is 13.2 Å². The van der Waals surface area contributed by atoms with Crippen molar-refractivity contribution in [3.63, 3.8) is 0 Å². The first-order valence-electron chi connectivity index (χ1n) is 29.1. The zero-order valence-electron chi connectivity index (χ0n) is 44.7. The van der Waals surface area contributed by atoms with Crippen LogP contribution in [0, 0.1) is 0 Å². The van der Waals surface area contributed by atoms with E-state index in [9.17, 15) is 14.4 Å². The molecule has 1 atom stereocenters. The Hall–Kier alpha value is -2.63. The molecular weight excluding hydrogens is 829 g/mol. The van der Waals surface area contributed by atoms with Gasteiger partial charge < -0.3 is 14.2 Å². The summed E-state index contributed by atoms with van der Waals surface area (Å²) in [5.41, 5.74) is 0. The van der Waals surface area contributed by atoms with Crippen molar-refractivity contribution >= 4 is 17.9 Å². The van der Waals surface area contributed by atoms with Crippen LogP contribution in [0.25, 0.3) is 0 Å². The lowest BCUT2D eigenvalue weighted by atomic mass is 10.0. The molecule has 0 aromatic heterocycles. The average molecular weight is 940 g/mol. The minimum absolute atomic E-state index is 0.0741. The largest absolute Gasteiger partial charge is 0.462 e. The summed E-state index contributed by atoms with van der Waals surface area (Å²) in [6, 6.07) is 0. The third-order valence-corrected chi connectivity index (χ3v) is 12.8. The number of unbranched alkanes of at least 4 members (excludes halogenated alkanes) is 34. The third kappa shape index (κ3) is 54.2. The number of allylic oxidation sites excluding steroid dienone is 8. The Balaban J connectivity index is 4.05. The van der Waals surface area contributed by atoms with Crippen molar-refractivity contribution in [2.24, 2.45) is 0 Å². The van der Waals surface area contributed by atoms with Gasteiger partial charge in [0.2, 0.25) is 0 Å². The summed E-state index contributed by atoms with van der Waals surface area (Å²) in [6.45, 7) is 6.58. The second-order valence-electron chi connectivity index (χ2n) is 19.6. The van der Waals surface area contributed by atoms with Gasteiger partial charge in [0.15, 0.2) is 6.10 Å². The Morgan fingerprint density at radius 2 is 0.537 bits per heavy atom. The highest BCUT2D eigenvalue weighted by Crippen LogP contribution is 2.16. The van der Waals surface area contributed by atoms with E-state index in [0.29, 0.717) is 19.3 Å². The molecule has 0 aliphatic heterocycles. The molecule has 0 fully saturated rings. The Kier molecular flexibility index (Phi) is 53.8. The lowest BCUT2D eigenvalue weighted by Crippen LogP contribution is -2.30. The second-order valence-corrected chi connectivity index (χ2v) is 19.6. The molecule has 0 N–H and O–H groups in total. The van der Waals surface area contributed by atoms with E-state index in [1.54, 1.807) is 0 Å². The van der Waals surface area contributed by atoms with Crippen LogP contribution in [0.15, 0.2) is 48.6 Å². The van der Waals surface area contributed by atoms with Gasteiger partial charge in [0.05, 0.1) is 0 Å². The minimum atomic E-state index is -0.772. The average Bonchev–Trinajstić information content (AvgIpc) is 3.33. The second kappa shape index (κ2) is 56.0. The molecule has 1 unspecified atom stereocenters. The first-order chi connectivity index (χ1) is 33.0. The fourth-order valence-corrected chi connectivity index (χ4v) is 8.39. The standard InChI is InChI=1S/C61H110O6/c1-4-7-10-13-16-18-20-22-23-24-25-26-27-28-29-30-31-32-33-34-35-36-37-39-40-42-45-48-51-54-60(63)66-57-58(56-65-59(62)53-50-47-44-15-12-9-6-3)67-61(64)55-52-49-46-43-41-38-21-19-17-14-11-8-5-2/h19-22,24-25,27-28,58H,4-18,23,26,29-57H2,1-3H3/b21-19-,22-20-,25-24-,28-27-. The number of carbonyl (C=O) groups excluding carboxylic acids is 3. The van der Waals surface area contributed by atoms with Crippen LogP contribution < -0.4 is 0 Å². The van der Waals surface area contributed by atoms with Crippen LogP contribution in [0.1, 0.15) is 303 Å². The van der Waals surface area contributed by atoms with Gasteiger partial charge >= 0.3 is 17.9 Å². The van der Waals surface area contributed by atoms with Gasteiger partial charge in [-0.2, -0.15) is 0 Å². The number of esters is 3. The van der Waals surface area contributed by atoms with Crippen molar-refractivity contribution in [2.45, 2.75) is 309 Å². The quantitative estimate of drug-likeness (QED) is 0.0262. The Morgan fingerprint density at radius 3 is 0.866 bits per heavy atom. The summed E-state index contributed by atoms with van der Waals surface area (Å²) in [5, 5.41) is 0. The van der Waals surface area contributed by atoms with Crippen molar-refractivity contribution < 1.29 is 28.6 Å². The van der Waals surface area contributed by atoms with Crippen LogP contribution in [0.5, 0.6) is 0 Å². The van der Waals surface area contributed by atoms with Crippen molar-refractivity contribution in [3.8, 4) is 0 Å². The Morgan fingerprint density at radius 1 is 0.299 bits per heavy atom. The normalized spacial score (nSPS) is 12.3. The number of carbonyl (C=O) groups is 3. The van der Waals surface area contributed by atoms with Gasteiger partial charge in [-0.05, 0) is 83.5 Å². The number of hydrogen-bond donors (Lipinski definition) is 0. The first kappa shape index (κ1) is 64.4. The summed E-state index contributed by atoms with van der Waals surface area (Å²) in [5.74, 6) is -0.880. The maximum absolute atomic E-state index is 12.8. The van der Waals surface area contributed by atoms with E-state index in [4.69, 9.17) is 14.2 Å².